The van der Waals surface area contributed by atoms with Gasteiger partial charge in [0.15, 0.2) is 0 Å². The van der Waals surface area contributed by atoms with E-state index in [-0.39, 0.29) is 6.61 Å². The van der Waals surface area contributed by atoms with E-state index >= 15 is 0 Å². The molecule has 0 aliphatic heterocycles. The number of rotatable bonds is 7. The van der Waals surface area contributed by atoms with Crippen molar-refractivity contribution in [1.29, 1.82) is 0 Å². The molecule has 0 aliphatic rings. The maximum Gasteiger partial charge on any atom is 0.135 e. The van der Waals surface area contributed by atoms with Crippen LogP contribution in [0.15, 0.2) is 24.3 Å². The Kier molecular flexibility index (Phi) is 4.93. The van der Waals surface area contributed by atoms with Gasteiger partial charge in [0.1, 0.15) is 12.4 Å². The first-order chi connectivity index (χ1) is 9.30. The van der Waals surface area contributed by atoms with Crippen molar-refractivity contribution < 1.29 is 5.11 Å². The van der Waals surface area contributed by atoms with Gasteiger partial charge in [0, 0.05) is 6.54 Å². The van der Waals surface area contributed by atoms with E-state index in [1.807, 2.05) is 18.2 Å². The first kappa shape index (κ1) is 14.0. The lowest BCUT2D eigenvalue weighted by molar-refractivity contribution is 0.261. The summed E-state index contributed by atoms with van der Waals surface area (Å²) in [7, 11) is 0. The van der Waals surface area contributed by atoms with Crippen LogP contribution in [0.2, 0.25) is 0 Å². The van der Waals surface area contributed by atoms with E-state index < -0.39 is 0 Å². The van der Waals surface area contributed by atoms with Crippen molar-refractivity contribution in [2.75, 3.05) is 19.6 Å². The van der Waals surface area contributed by atoms with Crippen molar-refractivity contribution in [3.8, 4) is 0 Å². The number of para-hydroxylation sites is 2. The summed E-state index contributed by atoms with van der Waals surface area (Å²) < 4.78 is 2.14. The van der Waals surface area contributed by atoms with Crippen LogP contribution in [0.4, 0.5) is 0 Å². The molecular formula is C15H23N3O. The summed E-state index contributed by atoms with van der Waals surface area (Å²) in [6, 6.07) is 8.07. The molecule has 0 atom stereocenters. The van der Waals surface area contributed by atoms with E-state index in [4.69, 9.17) is 0 Å². The lowest BCUT2D eigenvalue weighted by Gasteiger charge is -2.18. The van der Waals surface area contributed by atoms with E-state index in [0.717, 1.165) is 49.5 Å². The quantitative estimate of drug-likeness (QED) is 0.831. The summed E-state index contributed by atoms with van der Waals surface area (Å²) in [6.45, 7) is 8.56. The minimum Gasteiger partial charge on any atom is -0.388 e. The average molecular weight is 261 g/mol. The predicted molar refractivity (Wildman–Crippen MR) is 78.1 cm³/mol. The zero-order chi connectivity index (χ0) is 13.7. The third-order valence-corrected chi connectivity index (χ3v) is 3.63. The highest BCUT2D eigenvalue weighted by Crippen LogP contribution is 2.16. The molecule has 0 saturated heterocycles. The first-order valence-electron chi connectivity index (χ1n) is 7.07. The first-order valence-corrected chi connectivity index (χ1v) is 7.07. The normalized spacial score (nSPS) is 11.6. The number of fused-ring (bicyclic) bond motifs is 1. The number of aryl methyl sites for hydroxylation is 1. The topological polar surface area (TPSA) is 41.3 Å². The Balaban J connectivity index is 2.10. The third-order valence-electron chi connectivity index (χ3n) is 3.63. The zero-order valence-corrected chi connectivity index (χ0v) is 11.8. The second kappa shape index (κ2) is 6.68. The highest BCUT2D eigenvalue weighted by molar-refractivity contribution is 5.75. The standard InChI is InChI=1S/C15H23N3O/c1-3-17(4-2)10-7-11-18-14-9-6-5-8-13(14)16-15(18)12-19/h5-6,8-9,19H,3-4,7,10-12H2,1-2H3. The van der Waals surface area contributed by atoms with Gasteiger partial charge in [-0.3, -0.25) is 0 Å². The summed E-state index contributed by atoms with van der Waals surface area (Å²) in [4.78, 5) is 6.88. The Morgan fingerprint density at radius 1 is 1.21 bits per heavy atom. The van der Waals surface area contributed by atoms with Gasteiger partial charge in [-0.15, -0.1) is 0 Å². The fourth-order valence-electron chi connectivity index (χ4n) is 2.49. The van der Waals surface area contributed by atoms with E-state index in [9.17, 15) is 5.11 Å². The molecule has 1 aromatic heterocycles. The van der Waals surface area contributed by atoms with Crippen LogP contribution < -0.4 is 0 Å². The van der Waals surface area contributed by atoms with Gasteiger partial charge in [0.05, 0.1) is 11.0 Å². The molecule has 1 N–H and O–H groups in total. The number of aliphatic hydroxyl groups excluding tert-OH is 1. The lowest BCUT2D eigenvalue weighted by Crippen LogP contribution is -2.25. The van der Waals surface area contributed by atoms with Crippen molar-refractivity contribution in [3.05, 3.63) is 30.1 Å². The highest BCUT2D eigenvalue weighted by atomic mass is 16.3. The Morgan fingerprint density at radius 2 is 1.95 bits per heavy atom. The lowest BCUT2D eigenvalue weighted by atomic mass is 10.3. The van der Waals surface area contributed by atoms with Crippen molar-refractivity contribution >= 4 is 11.0 Å². The summed E-state index contributed by atoms with van der Waals surface area (Å²) in [5.41, 5.74) is 2.08. The number of hydrogen-bond acceptors (Lipinski definition) is 3. The van der Waals surface area contributed by atoms with E-state index in [1.54, 1.807) is 0 Å². The number of aromatic nitrogens is 2. The third kappa shape index (κ3) is 3.14. The fourth-order valence-corrected chi connectivity index (χ4v) is 2.49. The van der Waals surface area contributed by atoms with Crippen molar-refractivity contribution in [3.63, 3.8) is 0 Å². The Labute approximate surface area is 114 Å². The smallest absolute Gasteiger partial charge is 0.135 e. The molecule has 0 amide bonds. The van der Waals surface area contributed by atoms with Crippen LogP contribution >= 0.6 is 0 Å². The number of hydrogen-bond donors (Lipinski definition) is 1. The summed E-state index contributed by atoms with van der Waals surface area (Å²) in [6.07, 6.45) is 1.08. The monoisotopic (exact) mass is 261 g/mol. The summed E-state index contributed by atoms with van der Waals surface area (Å²) in [5, 5.41) is 9.43. The Hall–Kier alpha value is -1.39. The van der Waals surface area contributed by atoms with Gasteiger partial charge in [-0.2, -0.15) is 0 Å². The number of nitrogens with zero attached hydrogens (tertiary/aromatic N) is 3. The van der Waals surface area contributed by atoms with Gasteiger partial charge >= 0.3 is 0 Å². The molecule has 0 aliphatic carbocycles. The fraction of sp³-hybridized carbons (Fsp3) is 0.533. The van der Waals surface area contributed by atoms with E-state index in [2.05, 4.69) is 34.4 Å². The van der Waals surface area contributed by atoms with Gasteiger partial charge < -0.3 is 14.6 Å². The average Bonchev–Trinajstić information content (AvgIpc) is 2.82. The van der Waals surface area contributed by atoms with Gasteiger partial charge in [0.25, 0.3) is 0 Å². The largest absolute Gasteiger partial charge is 0.388 e. The zero-order valence-electron chi connectivity index (χ0n) is 11.8. The molecule has 0 spiro atoms. The van der Waals surface area contributed by atoms with Gasteiger partial charge in [-0.25, -0.2) is 4.98 Å². The van der Waals surface area contributed by atoms with Crippen molar-refractivity contribution in [2.24, 2.45) is 0 Å². The molecule has 19 heavy (non-hydrogen) atoms. The van der Waals surface area contributed by atoms with Crippen LogP contribution in [0.3, 0.4) is 0 Å². The molecular weight excluding hydrogens is 238 g/mol. The minimum atomic E-state index is -0.0000498. The second-order valence-corrected chi connectivity index (χ2v) is 4.71. The number of aliphatic hydroxyl groups is 1. The highest BCUT2D eigenvalue weighted by Gasteiger charge is 2.09. The number of benzene rings is 1. The molecule has 104 valence electrons. The minimum absolute atomic E-state index is 0.0000498. The van der Waals surface area contributed by atoms with Crippen LogP contribution in [0, 0.1) is 0 Å². The van der Waals surface area contributed by atoms with Gasteiger partial charge in [0.2, 0.25) is 0 Å². The molecule has 0 saturated carbocycles. The summed E-state index contributed by atoms with van der Waals surface area (Å²) >= 11 is 0. The molecule has 4 nitrogen and oxygen atoms in total. The SMILES string of the molecule is CCN(CC)CCCn1c(CO)nc2ccccc21. The Bertz CT molecular complexity index is 517. The molecule has 0 unspecified atom stereocenters. The molecule has 0 fully saturated rings. The van der Waals surface area contributed by atoms with Crippen LogP contribution in [0.1, 0.15) is 26.1 Å². The van der Waals surface area contributed by atoms with Gasteiger partial charge in [-0.1, -0.05) is 26.0 Å². The van der Waals surface area contributed by atoms with E-state index in [1.165, 1.54) is 0 Å². The predicted octanol–water partition coefficient (Wildman–Crippen LogP) is 2.26. The molecule has 4 heteroatoms. The molecule has 1 aromatic carbocycles. The van der Waals surface area contributed by atoms with E-state index in [0.29, 0.717) is 0 Å². The maximum atomic E-state index is 9.43. The van der Waals surface area contributed by atoms with Crippen molar-refractivity contribution in [2.45, 2.75) is 33.4 Å². The van der Waals surface area contributed by atoms with Crippen LogP contribution in [-0.4, -0.2) is 39.2 Å². The van der Waals surface area contributed by atoms with Crippen LogP contribution in [-0.2, 0) is 13.2 Å². The molecule has 2 aromatic rings. The van der Waals surface area contributed by atoms with Crippen LogP contribution in [0.25, 0.3) is 11.0 Å². The molecule has 2 rings (SSSR count). The second-order valence-electron chi connectivity index (χ2n) is 4.71. The molecule has 1 heterocycles. The maximum absolute atomic E-state index is 9.43. The summed E-state index contributed by atoms with van der Waals surface area (Å²) in [5.74, 6) is 0.765. The van der Waals surface area contributed by atoms with Crippen LogP contribution in [0.5, 0.6) is 0 Å². The number of imidazole rings is 1. The van der Waals surface area contributed by atoms with Gasteiger partial charge in [-0.05, 0) is 38.2 Å². The molecule has 0 bridgehead atoms. The van der Waals surface area contributed by atoms with Crippen molar-refractivity contribution in [1.82, 2.24) is 14.5 Å². The Morgan fingerprint density at radius 3 is 2.63 bits per heavy atom. The molecule has 0 radical (unpaired) electrons.